The summed E-state index contributed by atoms with van der Waals surface area (Å²) in [5.74, 6) is -0.157. The molecular formula is C15H14O3. The van der Waals surface area contributed by atoms with Crippen LogP contribution in [-0.4, -0.2) is 17.7 Å². The first-order valence-corrected chi connectivity index (χ1v) is 5.69. The molecule has 0 fully saturated rings. The van der Waals surface area contributed by atoms with Crippen LogP contribution in [0.3, 0.4) is 0 Å². The first kappa shape index (κ1) is 12.5. The van der Waals surface area contributed by atoms with Crippen LogP contribution in [0.4, 0.5) is 0 Å². The molecule has 1 N–H and O–H groups in total. The molecule has 18 heavy (non-hydrogen) atoms. The molecule has 0 aliphatic carbocycles. The van der Waals surface area contributed by atoms with Gasteiger partial charge in [-0.1, -0.05) is 60.7 Å². The Morgan fingerprint density at radius 1 is 1.00 bits per heavy atom. The Kier molecular flexibility index (Phi) is 4.23. The minimum Gasteiger partial charge on any atom is -0.371 e. The summed E-state index contributed by atoms with van der Waals surface area (Å²) < 4.78 is 5.15. The van der Waals surface area contributed by atoms with Crippen LogP contribution in [-0.2, 0) is 4.74 Å². The second-order valence-electron chi connectivity index (χ2n) is 3.82. The van der Waals surface area contributed by atoms with Gasteiger partial charge in [0.15, 0.2) is 5.78 Å². The third kappa shape index (κ3) is 2.83. The van der Waals surface area contributed by atoms with E-state index in [1.54, 1.807) is 36.4 Å². The number of Topliss-reactive ketones (excluding diaryl/α,β-unsaturated/α-hetero) is 1. The van der Waals surface area contributed by atoms with Crippen molar-refractivity contribution in [1.82, 2.24) is 0 Å². The van der Waals surface area contributed by atoms with Crippen LogP contribution in [0.25, 0.3) is 0 Å². The van der Waals surface area contributed by atoms with E-state index in [2.05, 4.69) is 0 Å². The summed E-state index contributed by atoms with van der Waals surface area (Å²) in [6.07, 6.45) is -0.765. The molecule has 2 aromatic rings. The van der Waals surface area contributed by atoms with Gasteiger partial charge < -0.3 is 9.84 Å². The second kappa shape index (κ2) is 6.10. The zero-order valence-corrected chi connectivity index (χ0v) is 9.82. The average Bonchev–Trinajstić information content (AvgIpc) is 2.46. The minimum absolute atomic E-state index is 0.157. The Balaban J connectivity index is 2.29. The van der Waals surface area contributed by atoms with Crippen molar-refractivity contribution in [3.05, 3.63) is 71.8 Å². The molecule has 2 aromatic carbocycles. The largest absolute Gasteiger partial charge is 0.371 e. The molecule has 0 amide bonds. The van der Waals surface area contributed by atoms with Crippen LogP contribution in [0.5, 0.6) is 0 Å². The number of ether oxygens (including phenoxy) is 1. The van der Waals surface area contributed by atoms with Crippen molar-refractivity contribution < 1.29 is 14.6 Å². The topological polar surface area (TPSA) is 46.5 Å². The van der Waals surface area contributed by atoms with E-state index in [0.717, 1.165) is 5.56 Å². The standard InChI is InChI=1S/C15H14O3/c16-11-18-15(13-9-5-2-6-10-13)14(17)12-7-3-1-4-8-12/h1-10,15-16H,11H2. The zero-order chi connectivity index (χ0) is 12.8. The normalized spacial score (nSPS) is 12.1. The van der Waals surface area contributed by atoms with Gasteiger partial charge in [-0.2, -0.15) is 0 Å². The fourth-order valence-electron chi connectivity index (χ4n) is 1.78. The van der Waals surface area contributed by atoms with Crippen molar-refractivity contribution in [3.63, 3.8) is 0 Å². The van der Waals surface area contributed by atoms with E-state index in [0.29, 0.717) is 5.56 Å². The highest BCUT2D eigenvalue weighted by molar-refractivity contribution is 6.00. The van der Waals surface area contributed by atoms with E-state index in [9.17, 15) is 4.79 Å². The number of benzene rings is 2. The third-order valence-corrected chi connectivity index (χ3v) is 2.64. The highest BCUT2D eigenvalue weighted by Gasteiger charge is 2.22. The highest BCUT2D eigenvalue weighted by Crippen LogP contribution is 2.21. The maximum atomic E-state index is 12.3. The molecule has 0 saturated heterocycles. The maximum absolute atomic E-state index is 12.3. The summed E-state index contributed by atoms with van der Waals surface area (Å²) in [6.45, 7) is -0.488. The monoisotopic (exact) mass is 242 g/mol. The summed E-state index contributed by atoms with van der Waals surface area (Å²) in [6, 6.07) is 18.1. The lowest BCUT2D eigenvalue weighted by molar-refractivity contribution is -0.0395. The maximum Gasteiger partial charge on any atom is 0.196 e. The van der Waals surface area contributed by atoms with Gasteiger partial charge in [-0.05, 0) is 5.56 Å². The molecule has 0 aliphatic heterocycles. The summed E-state index contributed by atoms with van der Waals surface area (Å²) >= 11 is 0. The Labute approximate surface area is 106 Å². The Morgan fingerprint density at radius 3 is 2.11 bits per heavy atom. The lowest BCUT2D eigenvalue weighted by Gasteiger charge is -2.15. The van der Waals surface area contributed by atoms with Gasteiger partial charge in [0.1, 0.15) is 12.9 Å². The van der Waals surface area contributed by atoms with E-state index >= 15 is 0 Å². The fraction of sp³-hybridized carbons (Fsp3) is 0.133. The van der Waals surface area contributed by atoms with Gasteiger partial charge in [0, 0.05) is 5.56 Å². The number of aliphatic hydroxyl groups excluding tert-OH is 1. The average molecular weight is 242 g/mol. The Hall–Kier alpha value is -1.97. The van der Waals surface area contributed by atoms with E-state index in [-0.39, 0.29) is 5.78 Å². The van der Waals surface area contributed by atoms with Crippen molar-refractivity contribution in [2.45, 2.75) is 6.10 Å². The molecule has 0 saturated carbocycles. The molecule has 0 aromatic heterocycles. The highest BCUT2D eigenvalue weighted by atomic mass is 16.6. The van der Waals surface area contributed by atoms with Gasteiger partial charge in [-0.25, -0.2) is 0 Å². The number of carbonyl (C=O) groups is 1. The molecule has 1 unspecified atom stereocenters. The molecule has 0 radical (unpaired) electrons. The summed E-state index contributed by atoms with van der Waals surface area (Å²) in [5, 5.41) is 8.92. The smallest absolute Gasteiger partial charge is 0.196 e. The lowest BCUT2D eigenvalue weighted by Crippen LogP contribution is -2.17. The second-order valence-corrected chi connectivity index (χ2v) is 3.82. The summed E-state index contributed by atoms with van der Waals surface area (Å²) in [4.78, 5) is 12.3. The van der Waals surface area contributed by atoms with Crippen molar-refractivity contribution in [1.29, 1.82) is 0 Å². The predicted octanol–water partition coefficient (Wildman–Crippen LogP) is 2.58. The number of aliphatic hydroxyl groups is 1. The first-order chi connectivity index (χ1) is 8.83. The first-order valence-electron chi connectivity index (χ1n) is 5.69. The van der Waals surface area contributed by atoms with E-state index in [4.69, 9.17) is 9.84 Å². The van der Waals surface area contributed by atoms with E-state index in [1.807, 2.05) is 24.3 Å². The van der Waals surface area contributed by atoms with Gasteiger partial charge in [0.05, 0.1) is 0 Å². The fourth-order valence-corrected chi connectivity index (χ4v) is 1.78. The molecular weight excluding hydrogens is 228 g/mol. The van der Waals surface area contributed by atoms with Crippen LogP contribution >= 0.6 is 0 Å². The number of ketones is 1. The quantitative estimate of drug-likeness (QED) is 0.647. The van der Waals surface area contributed by atoms with Crippen molar-refractivity contribution in [3.8, 4) is 0 Å². The predicted molar refractivity (Wildman–Crippen MR) is 68.1 cm³/mol. The molecule has 1 atom stereocenters. The number of rotatable bonds is 5. The molecule has 2 rings (SSSR count). The van der Waals surface area contributed by atoms with E-state index in [1.165, 1.54) is 0 Å². The van der Waals surface area contributed by atoms with E-state index < -0.39 is 12.9 Å². The Morgan fingerprint density at radius 2 is 1.56 bits per heavy atom. The number of carbonyl (C=O) groups excluding carboxylic acids is 1. The summed E-state index contributed by atoms with van der Waals surface area (Å²) in [7, 11) is 0. The summed E-state index contributed by atoms with van der Waals surface area (Å²) in [5.41, 5.74) is 1.31. The van der Waals surface area contributed by atoms with Crippen LogP contribution < -0.4 is 0 Å². The molecule has 3 heteroatoms. The lowest BCUT2D eigenvalue weighted by atomic mass is 10.00. The molecule has 0 heterocycles. The van der Waals surface area contributed by atoms with Gasteiger partial charge in [0.2, 0.25) is 0 Å². The molecule has 3 nitrogen and oxygen atoms in total. The van der Waals surface area contributed by atoms with Crippen LogP contribution in [0, 0.1) is 0 Å². The molecule has 0 aliphatic rings. The van der Waals surface area contributed by atoms with Crippen molar-refractivity contribution in [2.24, 2.45) is 0 Å². The third-order valence-electron chi connectivity index (χ3n) is 2.64. The van der Waals surface area contributed by atoms with Crippen molar-refractivity contribution in [2.75, 3.05) is 6.79 Å². The molecule has 0 bridgehead atoms. The van der Waals surface area contributed by atoms with Gasteiger partial charge in [-0.3, -0.25) is 4.79 Å². The number of hydrogen-bond donors (Lipinski definition) is 1. The SMILES string of the molecule is O=C(c1ccccc1)C(OCO)c1ccccc1. The molecule has 0 spiro atoms. The van der Waals surface area contributed by atoms with Gasteiger partial charge in [-0.15, -0.1) is 0 Å². The molecule has 92 valence electrons. The van der Waals surface area contributed by atoms with Gasteiger partial charge in [0.25, 0.3) is 0 Å². The van der Waals surface area contributed by atoms with Crippen LogP contribution in [0.2, 0.25) is 0 Å². The van der Waals surface area contributed by atoms with Gasteiger partial charge >= 0.3 is 0 Å². The Bertz CT molecular complexity index is 494. The van der Waals surface area contributed by atoms with Crippen molar-refractivity contribution >= 4 is 5.78 Å². The van der Waals surface area contributed by atoms with Crippen LogP contribution in [0.1, 0.15) is 22.0 Å². The minimum atomic E-state index is -0.765. The number of hydrogen-bond acceptors (Lipinski definition) is 3. The van der Waals surface area contributed by atoms with Crippen LogP contribution in [0.15, 0.2) is 60.7 Å². The zero-order valence-electron chi connectivity index (χ0n) is 9.82.